The Morgan fingerprint density at radius 3 is 3.13 bits per heavy atom. The van der Waals surface area contributed by atoms with E-state index in [1.165, 1.54) is 12.8 Å². The van der Waals surface area contributed by atoms with E-state index in [0.717, 1.165) is 39.0 Å². The molecule has 4 heteroatoms. The minimum atomic E-state index is 0.431. The number of hydrogen-bond donors (Lipinski definition) is 2. The van der Waals surface area contributed by atoms with Gasteiger partial charge in [0, 0.05) is 19.7 Å². The minimum absolute atomic E-state index is 0.431. The highest BCUT2D eigenvalue weighted by Crippen LogP contribution is 2.14. The lowest BCUT2D eigenvalue weighted by Crippen LogP contribution is -2.33. The molecule has 1 fully saturated rings. The Labute approximate surface area is 92.3 Å². The Morgan fingerprint density at radius 2 is 2.47 bits per heavy atom. The third-order valence-electron chi connectivity index (χ3n) is 2.59. The molecule has 0 aliphatic carbocycles. The van der Waals surface area contributed by atoms with E-state index < -0.39 is 0 Å². The molecule has 1 saturated heterocycles. The lowest BCUT2D eigenvalue weighted by molar-refractivity contribution is 0.105. The molecule has 0 amide bonds. The molecule has 3 N–H and O–H groups in total. The van der Waals surface area contributed by atoms with Crippen LogP contribution in [0.4, 0.5) is 0 Å². The summed E-state index contributed by atoms with van der Waals surface area (Å²) in [7, 11) is 0. The quantitative estimate of drug-likeness (QED) is 0.397. The van der Waals surface area contributed by atoms with Gasteiger partial charge in [0.15, 0.2) is 5.96 Å². The van der Waals surface area contributed by atoms with Gasteiger partial charge < -0.3 is 15.8 Å². The number of ether oxygens (including phenoxy) is 1. The van der Waals surface area contributed by atoms with E-state index in [-0.39, 0.29) is 0 Å². The van der Waals surface area contributed by atoms with Crippen molar-refractivity contribution in [2.75, 3.05) is 19.7 Å². The van der Waals surface area contributed by atoms with Crippen molar-refractivity contribution in [2.45, 2.75) is 45.1 Å². The molecule has 1 heterocycles. The molecule has 0 aromatic rings. The van der Waals surface area contributed by atoms with Gasteiger partial charge in [0.25, 0.3) is 0 Å². The first-order valence-corrected chi connectivity index (χ1v) is 5.98. The zero-order chi connectivity index (χ0) is 10.9. The average Bonchev–Trinajstić information content (AvgIpc) is 2.71. The Balaban J connectivity index is 2.00. The fraction of sp³-hybridized carbons (Fsp3) is 0.909. The summed E-state index contributed by atoms with van der Waals surface area (Å²) in [5.41, 5.74) is 5.70. The second-order valence-corrected chi connectivity index (χ2v) is 3.97. The summed E-state index contributed by atoms with van der Waals surface area (Å²) in [4.78, 5) is 4.22. The molecule has 1 unspecified atom stereocenters. The van der Waals surface area contributed by atoms with Gasteiger partial charge in [-0.3, -0.25) is 4.99 Å². The summed E-state index contributed by atoms with van der Waals surface area (Å²) in [6.07, 6.45) is 6.12. The van der Waals surface area contributed by atoms with Crippen LogP contribution in [0.15, 0.2) is 4.99 Å². The number of unbranched alkanes of at least 4 members (excludes halogenated alkanes) is 1. The van der Waals surface area contributed by atoms with Crippen LogP contribution in [0.1, 0.15) is 39.0 Å². The molecular weight excluding hydrogens is 190 g/mol. The molecule has 1 aliphatic heterocycles. The summed E-state index contributed by atoms with van der Waals surface area (Å²) in [6.45, 7) is 4.77. The van der Waals surface area contributed by atoms with E-state index in [4.69, 9.17) is 10.5 Å². The zero-order valence-corrected chi connectivity index (χ0v) is 9.67. The fourth-order valence-electron chi connectivity index (χ4n) is 1.65. The zero-order valence-electron chi connectivity index (χ0n) is 9.67. The van der Waals surface area contributed by atoms with E-state index in [2.05, 4.69) is 17.2 Å². The van der Waals surface area contributed by atoms with Crippen LogP contribution in [0.2, 0.25) is 0 Å². The SMILES string of the molecule is CCCCN=C(N)NCCC1CCCO1. The largest absolute Gasteiger partial charge is 0.378 e. The summed E-state index contributed by atoms with van der Waals surface area (Å²) < 4.78 is 5.51. The highest BCUT2D eigenvalue weighted by Gasteiger charge is 2.14. The molecule has 1 atom stereocenters. The van der Waals surface area contributed by atoms with E-state index in [0.29, 0.717) is 12.1 Å². The third kappa shape index (κ3) is 5.62. The first-order valence-electron chi connectivity index (χ1n) is 5.98. The first-order chi connectivity index (χ1) is 7.33. The standard InChI is InChI=1S/C11H23N3O/c1-2-3-7-13-11(12)14-8-6-10-5-4-9-15-10/h10H,2-9H2,1H3,(H3,12,13,14). The van der Waals surface area contributed by atoms with Gasteiger partial charge >= 0.3 is 0 Å². The van der Waals surface area contributed by atoms with Gasteiger partial charge in [0.05, 0.1) is 6.10 Å². The van der Waals surface area contributed by atoms with Crippen LogP contribution in [-0.4, -0.2) is 31.8 Å². The molecule has 0 saturated carbocycles. The molecule has 1 rings (SSSR count). The van der Waals surface area contributed by atoms with Gasteiger partial charge in [-0.25, -0.2) is 0 Å². The van der Waals surface area contributed by atoms with Gasteiger partial charge in [-0.1, -0.05) is 13.3 Å². The summed E-state index contributed by atoms with van der Waals surface area (Å²) in [5, 5.41) is 3.12. The molecule has 4 nitrogen and oxygen atoms in total. The van der Waals surface area contributed by atoms with E-state index in [1.807, 2.05) is 0 Å². The normalized spacial score (nSPS) is 21.9. The van der Waals surface area contributed by atoms with Crippen LogP contribution in [0.25, 0.3) is 0 Å². The average molecular weight is 213 g/mol. The highest BCUT2D eigenvalue weighted by molar-refractivity contribution is 5.77. The van der Waals surface area contributed by atoms with Crippen molar-refractivity contribution in [1.82, 2.24) is 5.32 Å². The van der Waals surface area contributed by atoms with Crippen molar-refractivity contribution >= 4 is 5.96 Å². The van der Waals surface area contributed by atoms with Crippen LogP contribution < -0.4 is 11.1 Å². The predicted molar refractivity (Wildman–Crippen MR) is 63.0 cm³/mol. The van der Waals surface area contributed by atoms with Crippen LogP contribution in [0, 0.1) is 0 Å². The lowest BCUT2D eigenvalue weighted by atomic mass is 10.2. The molecular formula is C11H23N3O. The number of aliphatic imine (C=N–C) groups is 1. The molecule has 88 valence electrons. The van der Waals surface area contributed by atoms with Gasteiger partial charge in [-0.15, -0.1) is 0 Å². The van der Waals surface area contributed by atoms with Gasteiger partial charge in [0.1, 0.15) is 0 Å². The second kappa shape index (κ2) is 7.51. The number of rotatable bonds is 6. The Bertz CT molecular complexity index is 188. The maximum Gasteiger partial charge on any atom is 0.188 e. The van der Waals surface area contributed by atoms with E-state index in [1.54, 1.807) is 0 Å². The summed E-state index contributed by atoms with van der Waals surface area (Å²) in [6, 6.07) is 0. The number of nitrogens with two attached hydrogens (primary N) is 1. The van der Waals surface area contributed by atoms with Crippen molar-refractivity contribution in [3.63, 3.8) is 0 Å². The topological polar surface area (TPSA) is 59.6 Å². The van der Waals surface area contributed by atoms with Crippen molar-refractivity contribution in [3.8, 4) is 0 Å². The highest BCUT2D eigenvalue weighted by atomic mass is 16.5. The van der Waals surface area contributed by atoms with Crippen LogP contribution in [0.3, 0.4) is 0 Å². The molecule has 0 radical (unpaired) electrons. The predicted octanol–water partition coefficient (Wildman–Crippen LogP) is 1.26. The maximum absolute atomic E-state index is 5.70. The fourth-order valence-corrected chi connectivity index (χ4v) is 1.65. The molecule has 15 heavy (non-hydrogen) atoms. The van der Waals surface area contributed by atoms with Crippen molar-refractivity contribution in [2.24, 2.45) is 10.7 Å². The lowest BCUT2D eigenvalue weighted by Gasteiger charge is -2.10. The van der Waals surface area contributed by atoms with E-state index >= 15 is 0 Å². The summed E-state index contributed by atoms with van der Waals surface area (Å²) >= 11 is 0. The Hall–Kier alpha value is -0.770. The van der Waals surface area contributed by atoms with Crippen molar-refractivity contribution < 1.29 is 4.74 Å². The van der Waals surface area contributed by atoms with Crippen molar-refractivity contribution in [3.05, 3.63) is 0 Å². The molecule has 0 bridgehead atoms. The minimum Gasteiger partial charge on any atom is -0.378 e. The van der Waals surface area contributed by atoms with Gasteiger partial charge in [-0.2, -0.15) is 0 Å². The van der Waals surface area contributed by atoms with Crippen LogP contribution >= 0.6 is 0 Å². The summed E-state index contributed by atoms with van der Waals surface area (Å²) in [5.74, 6) is 0.571. The number of guanidine groups is 1. The molecule has 0 aromatic carbocycles. The van der Waals surface area contributed by atoms with Crippen LogP contribution in [-0.2, 0) is 4.74 Å². The maximum atomic E-state index is 5.70. The van der Waals surface area contributed by atoms with Crippen molar-refractivity contribution in [1.29, 1.82) is 0 Å². The monoisotopic (exact) mass is 213 g/mol. The van der Waals surface area contributed by atoms with E-state index in [9.17, 15) is 0 Å². The number of nitrogens with zero attached hydrogens (tertiary/aromatic N) is 1. The third-order valence-corrected chi connectivity index (χ3v) is 2.59. The molecule has 0 spiro atoms. The smallest absolute Gasteiger partial charge is 0.188 e. The Morgan fingerprint density at radius 1 is 1.60 bits per heavy atom. The van der Waals surface area contributed by atoms with Crippen LogP contribution in [0.5, 0.6) is 0 Å². The molecule has 0 aromatic heterocycles. The number of nitrogens with one attached hydrogen (secondary N) is 1. The first kappa shape index (κ1) is 12.3. The molecule has 1 aliphatic rings. The Kier molecular flexibility index (Phi) is 6.16. The van der Waals surface area contributed by atoms with Gasteiger partial charge in [0.2, 0.25) is 0 Å². The second-order valence-electron chi connectivity index (χ2n) is 3.97. The number of hydrogen-bond acceptors (Lipinski definition) is 2. The van der Waals surface area contributed by atoms with Gasteiger partial charge in [-0.05, 0) is 25.7 Å².